The summed E-state index contributed by atoms with van der Waals surface area (Å²) in [5.41, 5.74) is 1.44. The van der Waals surface area contributed by atoms with E-state index in [1.54, 1.807) is 11.8 Å². The lowest BCUT2D eigenvalue weighted by molar-refractivity contribution is -0.128. The number of anilines is 2. The number of hydrogen-bond acceptors (Lipinski definition) is 4. The van der Waals surface area contributed by atoms with Gasteiger partial charge in [0.25, 0.3) is 0 Å². The largest absolute Gasteiger partial charge is 0.342 e. The molecular formula is C19H26N4O3. The highest BCUT2D eigenvalue weighted by Crippen LogP contribution is 2.29. The second-order valence-electron chi connectivity index (χ2n) is 6.85. The summed E-state index contributed by atoms with van der Waals surface area (Å²) in [5, 5.41) is 2.95. The van der Waals surface area contributed by atoms with Crippen molar-refractivity contribution >= 4 is 29.1 Å². The zero-order valence-electron chi connectivity index (χ0n) is 15.2. The highest BCUT2D eigenvalue weighted by molar-refractivity contribution is 6.02. The molecule has 26 heavy (non-hydrogen) atoms. The second-order valence-corrected chi connectivity index (χ2v) is 6.85. The molecule has 7 heteroatoms. The molecule has 3 amide bonds. The van der Waals surface area contributed by atoms with E-state index in [2.05, 4.69) is 10.2 Å². The summed E-state index contributed by atoms with van der Waals surface area (Å²) in [7, 11) is 0. The van der Waals surface area contributed by atoms with Crippen LogP contribution in [-0.2, 0) is 14.4 Å². The zero-order chi connectivity index (χ0) is 18.5. The SMILES string of the molecule is CC(=O)N1CCCN(CC(=O)Nc2ccccc2N2CCCC2=O)CC1. The molecule has 1 aromatic carbocycles. The molecule has 0 saturated carbocycles. The average molecular weight is 358 g/mol. The summed E-state index contributed by atoms with van der Waals surface area (Å²) in [6.07, 6.45) is 2.27. The molecule has 0 aliphatic carbocycles. The number of rotatable bonds is 4. The third-order valence-electron chi connectivity index (χ3n) is 4.94. The van der Waals surface area contributed by atoms with Crippen LogP contribution < -0.4 is 10.2 Å². The summed E-state index contributed by atoms with van der Waals surface area (Å²) in [6.45, 7) is 5.45. The Morgan fingerprint density at radius 2 is 1.85 bits per heavy atom. The van der Waals surface area contributed by atoms with Crippen molar-refractivity contribution in [1.29, 1.82) is 0 Å². The normalized spacial score (nSPS) is 18.7. The van der Waals surface area contributed by atoms with Gasteiger partial charge in [-0.25, -0.2) is 0 Å². The van der Waals surface area contributed by atoms with Gasteiger partial charge in [0.2, 0.25) is 17.7 Å². The first-order valence-corrected chi connectivity index (χ1v) is 9.22. The van der Waals surface area contributed by atoms with Gasteiger partial charge in [0, 0.05) is 46.1 Å². The summed E-state index contributed by atoms with van der Waals surface area (Å²) in [6, 6.07) is 7.44. The zero-order valence-corrected chi connectivity index (χ0v) is 15.2. The number of carbonyl (C=O) groups excluding carboxylic acids is 3. The Balaban J connectivity index is 1.60. The maximum Gasteiger partial charge on any atom is 0.238 e. The molecule has 2 fully saturated rings. The predicted octanol–water partition coefficient (Wildman–Crippen LogP) is 1.31. The van der Waals surface area contributed by atoms with E-state index >= 15 is 0 Å². The number of benzene rings is 1. The Hall–Kier alpha value is -2.41. The Morgan fingerprint density at radius 1 is 1.04 bits per heavy atom. The molecule has 0 radical (unpaired) electrons. The van der Waals surface area contributed by atoms with Gasteiger partial charge in [-0.3, -0.25) is 19.3 Å². The van der Waals surface area contributed by atoms with Gasteiger partial charge in [0.1, 0.15) is 0 Å². The molecule has 2 heterocycles. The molecule has 2 aliphatic rings. The maximum absolute atomic E-state index is 12.5. The number of nitrogens with zero attached hydrogens (tertiary/aromatic N) is 3. The minimum Gasteiger partial charge on any atom is -0.342 e. The van der Waals surface area contributed by atoms with Crippen LogP contribution in [0.15, 0.2) is 24.3 Å². The van der Waals surface area contributed by atoms with Crippen LogP contribution in [0.25, 0.3) is 0 Å². The van der Waals surface area contributed by atoms with E-state index in [0.717, 1.165) is 31.6 Å². The second kappa shape index (κ2) is 8.31. The molecule has 3 rings (SSSR count). The summed E-state index contributed by atoms with van der Waals surface area (Å²) < 4.78 is 0. The van der Waals surface area contributed by atoms with E-state index in [1.807, 2.05) is 29.2 Å². The van der Waals surface area contributed by atoms with Gasteiger partial charge in [0.15, 0.2) is 0 Å². The molecule has 0 spiro atoms. The van der Waals surface area contributed by atoms with Gasteiger partial charge in [-0.15, -0.1) is 0 Å². The molecule has 0 bridgehead atoms. The molecular weight excluding hydrogens is 332 g/mol. The topological polar surface area (TPSA) is 73.0 Å². The number of hydrogen-bond donors (Lipinski definition) is 1. The molecule has 7 nitrogen and oxygen atoms in total. The van der Waals surface area contributed by atoms with Crippen molar-refractivity contribution in [2.75, 3.05) is 49.5 Å². The lowest BCUT2D eigenvalue weighted by Gasteiger charge is -2.22. The fraction of sp³-hybridized carbons (Fsp3) is 0.526. The van der Waals surface area contributed by atoms with E-state index in [4.69, 9.17) is 0 Å². The van der Waals surface area contributed by atoms with E-state index in [9.17, 15) is 14.4 Å². The Bertz CT molecular complexity index is 691. The summed E-state index contributed by atoms with van der Waals surface area (Å²) in [4.78, 5) is 41.7. The molecule has 2 saturated heterocycles. The predicted molar refractivity (Wildman–Crippen MR) is 100.0 cm³/mol. The van der Waals surface area contributed by atoms with Gasteiger partial charge < -0.3 is 15.1 Å². The van der Waals surface area contributed by atoms with Crippen molar-refractivity contribution in [3.8, 4) is 0 Å². The Labute approximate surface area is 153 Å². The molecule has 0 atom stereocenters. The first-order valence-electron chi connectivity index (χ1n) is 9.22. The van der Waals surface area contributed by atoms with Crippen molar-refractivity contribution in [3.05, 3.63) is 24.3 Å². The van der Waals surface area contributed by atoms with Crippen molar-refractivity contribution in [2.45, 2.75) is 26.2 Å². The van der Waals surface area contributed by atoms with E-state index in [1.165, 1.54) is 0 Å². The third kappa shape index (κ3) is 4.40. The summed E-state index contributed by atoms with van der Waals surface area (Å²) >= 11 is 0. The number of carbonyl (C=O) groups is 3. The monoisotopic (exact) mass is 358 g/mol. The fourth-order valence-electron chi connectivity index (χ4n) is 3.55. The van der Waals surface area contributed by atoms with E-state index in [0.29, 0.717) is 31.7 Å². The van der Waals surface area contributed by atoms with Crippen LogP contribution in [0.2, 0.25) is 0 Å². The van der Waals surface area contributed by atoms with Crippen molar-refractivity contribution in [1.82, 2.24) is 9.80 Å². The van der Waals surface area contributed by atoms with Crippen molar-refractivity contribution in [3.63, 3.8) is 0 Å². The van der Waals surface area contributed by atoms with Crippen molar-refractivity contribution < 1.29 is 14.4 Å². The quantitative estimate of drug-likeness (QED) is 0.881. The molecule has 0 aromatic heterocycles. The molecule has 0 unspecified atom stereocenters. The van der Waals surface area contributed by atoms with Crippen LogP contribution in [0, 0.1) is 0 Å². The van der Waals surface area contributed by atoms with Crippen LogP contribution >= 0.6 is 0 Å². The van der Waals surface area contributed by atoms with Crippen LogP contribution in [-0.4, -0.2) is 66.8 Å². The maximum atomic E-state index is 12.5. The first-order chi connectivity index (χ1) is 12.5. The summed E-state index contributed by atoms with van der Waals surface area (Å²) in [5.74, 6) is 0.0874. The van der Waals surface area contributed by atoms with Gasteiger partial charge >= 0.3 is 0 Å². The highest BCUT2D eigenvalue weighted by atomic mass is 16.2. The van der Waals surface area contributed by atoms with Gasteiger partial charge in [-0.1, -0.05) is 12.1 Å². The fourth-order valence-corrected chi connectivity index (χ4v) is 3.55. The Morgan fingerprint density at radius 3 is 2.58 bits per heavy atom. The van der Waals surface area contributed by atoms with Gasteiger partial charge in [0.05, 0.1) is 17.9 Å². The van der Waals surface area contributed by atoms with Crippen molar-refractivity contribution in [2.24, 2.45) is 0 Å². The van der Waals surface area contributed by atoms with Gasteiger partial charge in [-0.2, -0.15) is 0 Å². The lowest BCUT2D eigenvalue weighted by atomic mass is 10.2. The molecule has 1 aromatic rings. The number of amides is 3. The number of para-hydroxylation sites is 2. The molecule has 1 N–H and O–H groups in total. The van der Waals surface area contributed by atoms with E-state index in [-0.39, 0.29) is 24.3 Å². The van der Waals surface area contributed by atoms with Crippen LogP contribution in [0.3, 0.4) is 0 Å². The van der Waals surface area contributed by atoms with Gasteiger partial charge in [-0.05, 0) is 25.0 Å². The minimum absolute atomic E-state index is 0.0838. The average Bonchev–Trinajstić information content (AvgIpc) is 2.89. The molecule has 140 valence electrons. The minimum atomic E-state index is -0.0969. The smallest absolute Gasteiger partial charge is 0.238 e. The van der Waals surface area contributed by atoms with Crippen LogP contribution in [0.5, 0.6) is 0 Å². The lowest BCUT2D eigenvalue weighted by Crippen LogP contribution is -2.37. The molecule has 2 aliphatic heterocycles. The Kier molecular flexibility index (Phi) is 5.88. The third-order valence-corrected chi connectivity index (χ3v) is 4.94. The first kappa shape index (κ1) is 18.4. The standard InChI is InChI=1S/C19H26N4O3/c1-15(24)22-10-5-9-21(12-13-22)14-18(25)20-16-6-2-3-7-17(16)23-11-4-8-19(23)26/h2-3,6-7H,4-5,8-14H2,1H3,(H,20,25). The van der Waals surface area contributed by atoms with E-state index < -0.39 is 0 Å². The number of nitrogens with one attached hydrogen (secondary N) is 1. The van der Waals surface area contributed by atoms with Crippen LogP contribution in [0.4, 0.5) is 11.4 Å². The van der Waals surface area contributed by atoms with Crippen LogP contribution in [0.1, 0.15) is 26.2 Å². The highest BCUT2D eigenvalue weighted by Gasteiger charge is 2.24.